The number of H-pyrrole nitrogens is 5. The van der Waals surface area contributed by atoms with E-state index in [1.807, 2.05) is 6.08 Å². The van der Waals surface area contributed by atoms with Crippen LogP contribution in [0.15, 0.2) is 69.2 Å². The molecule has 0 aliphatic heterocycles. The Hall–Kier alpha value is -3.90. The number of aromatic amines is 5. The van der Waals surface area contributed by atoms with Gasteiger partial charge in [-0.2, -0.15) is 0 Å². The predicted octanol–water partition coefficient (Wildman–Crippen LogP) is 6.42. The molecule has 0 spiro atoms. The van der Waals surface area contributed by atoms with Crippen molar-refractivity contribution in [3.63, 3.8) is 0 Å². The van der Waals surface area contributed by atoms with Crippen molar-refractivity contribution in [1.82, 2.24) is 56.2 Å². The van der Waals surface area contributed by atoms with Gasteiger partial charge in [0.05, 0.1) is 20.5 Å². The lowest BCUT2D eigenvalue weighted by Gasteiger charge is -2.31. The molecule has 3 aliphatic rings. The number of aromatic nitrogens is 7. The summed E-state index contributed by atoms with van der Waals surface area (Å²) in [7, 11) is 0. The first-order valence-electron chi connectivity index (χ1n) is 19.4. The van der Waals surface area contributed by atoms with Crippen molar-refractivity contribution in [2.24, 2.45) is 23.7 Å². The maximum atomic E-state index is 12.7. The Morgan fingerprint density at radius 3 is 1.42 bits per heavy atom. The molecule has 0 saturated carbocycles. The molecule has 0 radical (unpaired) electrons. The number of hydrogen-bond donors (Lipinski definition) is 11. The summed E-state index contributed by atoms with van der Waals surface area (Å²) >= 11 is 20.3. The van der Waals surface area contributed by atoms with Crippen molar-refractivity contribution in [2.45, 2.75) is 32.1 Å². The van der Waals surface area contributed by atoms with E-state index in [1.54, 1.807) is 30.6 Å². The van der Waals surface area contributed by atoms with Gasteiger partial charge in [0.25, 0.3) is 17.7 Å². The van der Waals surface area contributed by atoms with Crippen molar-refractivity contribution in [1.29, 1.82) is 0 Å². The number of amides is 4. The highest BCUT2D eigenvalue weighted by molar-refractivity contribution is 9.14. The number of nitrogens with zero attached hydrogens (tertiary/aromatic N) is 2. The number of nitrogen functional groups attached to an aromatic ring is 2. The number of imidazole rings is 2. The van der Waals surface area contributed by atoms with Gasteiger partial charge in [-0.3, -0.25) is 19.2 Å². The van der Waals surface area contributed by atoms with Crippen LogP contribution in [0.4, 0.5) is 11.9 Å². The molecule has 5 aromatic rings. The third-order valence-electron chi connectivity index (χ3n) is 11.0. The maximum Gasteiger partial charge on any atom is 0.267 e. The molecule has 8 rings (SSSR count). The van der Waals surface area contributed by atoms with E-state index in [-0.39, 0.29) is 47.3 Å². The molecular weight excluding hydrogens is 1190 g/mol. The van der Waals surface area contributed by atoms with Crippen LogP contribution in [-0.2, 0) is 30.5 Å². The smallest absolute Gasteiger partial charge is 0.267 e. The van der Waals surface area contributed by atoms with E-state index in [2.05, 4.69) is 152 Å². The van der Waals surface area contributed by atoms with Crippen molar-refractivity contribution in [2.75, 3.05) is 37.6 Å². The van der Waals surface area contributed by atoms with Crippen LogP contribution in [-0.4, -0.2) is 84.7 Å². The van der Waals surface area contributed by atoms with Crippen molar-refractivity contribution in [3.8, 4) is 0 Å². The predicted molar refractivity (Wildman–Crippen MR) is 256 cm³/mol. The minimum absolute atomic E-state index is 0.0878. The molecule has 0 bridgehead atoms. The zero-order valence-corrected chi connectivity index (χ0v) is 42.1. The lowest BCUT2D eigenvalue weighted by atomic mass is 9.79. The van der Waals surface area contributed by atoms with E-state index in [0.29, 0.717) is 97.4 Å². The van der Waals surface area contributed by atoms with Gasteiger partial charge in [0.15, 0.2) is 11.9 Å². The standard InChI is InChI=1S/C20H20Br4N6O2.C19H21Br2N7O2/c21-11-1-8(2-12(11)22)18(31)26-6-9-3-14-15(30-20(25)29-14)4-10(9)7-27-19(32)16-5-13(23)17(24)28-16;20-11-3-15(23-7-11)17(29)25-5-9-1-13-14(28-19(22)27-13)2-10(9)6-26-18(30)16-4-12(21)8-24-16/h1,5,9-10,28H,2-4,6-7H2,(H,26,31)(H,27,32)(H3,25,29,30);3-4,7-10,23-24H,1-2,5-6H2,(H,25,29)(H,26,30)(H3,22,27,28)/t2*9-,10-/m00/s1. The highest BCUT2D eigenvalue weighted by atomic mass is 79.9. The molecule has 3 aliphatic carbocycles. The van der Waals surface area contributed by atoms with E-state index < -0.39 is 0 Å². The molecule has 0 fully saturated rings. The SMILES string of the molecule is Nc1nc2c([nH]1)C[C@@H](CNC(=O)C1=CC(Br)=C(Br)C1)[C@H](CNC(=O)c1cc(Br)c(Br)[nH]1)C2.Nc1nc2c([nH]1)C[C@@H](CNC(=O)c1cc(Br)c[nH]1)[C@H](CNC(=O)c1cc(Br)c[nH]1)C2. The van der Waals surface area contributed by atoms with Gasteiger partial charge in [-0.25, -0.2) is 9.97 Å². The quantitative estimate of drug-likeness (QED) is 0.0662. The van der Waals surface area contributed by atoms with Gasteiger partial charge in [-0.1, -0.05) is 15.9 Å². The summed E-state index contributed by atoms with van der Waals surface area (Å²) in [6, 6.07) is 5.19. The first-order chi connectivity index (χ1) is 29.6. The molecule has 0 saturated heterocycles. The minimum Gasteiger partial charge on any atom is -0.369 e. The van der Waals surface area contributed by atoms with Crippen molar-refractivity contribution < 1.29 is 19.2 Å². The third-order valence-corrected chi connectivity index (χ3v) is 15.6. The van der Waals surface area contributed by atoms with Crippen LogP contribution in [0, 0.1) is 23.7 Å². The van der Waals surface area contributed by atoms with E-state index in [4.69, 9.17) is 11.5 Å². The fourth-order valence-corrected chi connectivity index (χ4v) is 9.93. The summed E-state index contributed by atoms with van der Waals surface area (Å²) in [5.41, 5.74) is 17.7. The first kappa shape index (κ1) is 46.1. The molecule has 5 heterocycles. The number of allylic oxidation sites excluding steroid dienone is 3. The Kier molecular flexibility index (Phi) is 15.1. The summed E-state index contributed by atoms with van der Waals surface area (Å²) in [6.45, 7) is 1.89. The average Bonchev–Trinajstić information content (AvgIpc) is 4.11. The van der Waals surface area contributed by atoms with Gasteiger partial charge < -0.3 is 57.7 Å². The second kappa shape index (κ2) is 20.3. The van der Waals surface area contributed by atoms with E-state index in [9.17, 15) is 19.2 Å². The molecule has 13 N–H and O–H groups in total. The number of fused-ring (bicyclic) bond motifs is 2. The molecule has 5 aromatic heterocycles. The summed E-state index contributed by atoms with van der Waals surface area (Å²) in [5.74, 6) is 0.607. The van der Waals surface area contributed by atoms with Gasteiger partial charge in [-0.05, 0) is 153 Å². The van der Waals surface area contributed by atoms with Crippen LogP contribution < -0.4 is 32.7 Å². The molecule has 17 nitrogen and oxygen atoms in total. The monoisotopic (exact) mass is 1230 g/mol. The fraction of sp³-hybridized carbons (Fsp3) is 0.333. The second-order valence-electron chi connectivity index (χ2n) is 15.2. The molecule has 62 heavy (non-hydrogen) atoms. The molecule has 0 aromatic carbocycles. The van der Waals surface area contributed by atoms with Crippen LogP contribution in [0.1, 0.15) is 60.7 Å². The van der Waals surface area contributed by atoms with Gasteiger partial charge in [-0.15, -0.1) is 0 Å². The molecule has 23 heteroatoms. The van der Waals surface area contributed by atoms with E-state index in [0.717, 1.165) is 45.2 Å². The molecule has 4 atom stereocenters. The number of anilines is 2. The summed E-state index contributed by atoms with van der Waals surface area (Å²) in [5, 5.41) is 12.0. The Morgan fingerprint density at radius 2 is 1.03 bits per heavy atom. The van der Waals surface area contributed by atoms with Crippen LogP contribution >= 0.6 is 95.6 Å². The third kappa shape index (κ3) is 11.4. The molecule has 4 amide bonds. The van der Waals surface area contributed by atoms with E-state index in [1.165, 1.54) is 0 Å². The zero-order valence-electron chi connectivity index (χ0n) is 32.6. The summed E-state index contributed by atoms with van der Waals surface area (Å²) < 4.78 is 4.98. The van der Waals surface area contributed by atoms with Crippen LogP contribution in [0.3, 0.4) is 0 Å². The Balaban J connectivity index is 0.000000187. The topological polar surface area (TPSA) is 273 Å². The summed E-state index contributed by atoms with van der Waals surface area (Å²) in [6.07, 6.45) is 8.57. The largest absolute Gasteiger partial charge is 0.369 e. The van der Waals surface area contributed by atoms with Gasteiger partial charge in [0.2, 0.25) is 5.91 Å². The number of carbonyl (C=O) groups is 4. The maximum absolute atomic E-state index is 12.7. The molecule has 328 valence electrons. The average molecular weight is 1240 g/mol. The Labute approximate surface area is 405 Å². The number of nitrogens with two attached hydrogens (primary N) is 2. The Bertz CT molecular complexity index is 2450. The van der Waals surface area contributed by atoms with E-state index >= 15 is 0 Å². The van der Waals surface area contributed by atoms with Crippen molar-refractivity contribution >= 4 is 131 Å². The number of carbonyl (C=O) groups excluding carboxylic acids is 4. The lowest BCUT2D eigenvalue weighted by Crippen LogP contribution is -2.42. The Morgan fingerprint density at radius 1 is 0.597 bits per heavy atom. The fourth-order valence-electron chi connectivity index (χ4n) is 7.75. The number of rotatable bonds is 12. The molecular formula is C39H41Br6N13O4. The van der Waals surface area contributed by atoms with Gasteiger partial charge >= 0.3 is 0 Å². The number of halogens is 6. The highest BCUT2D eigenvalue weighted by Gasteiger charge is 2.33. The zero-order chi connectivity index (χ0) is 44.2. The van der Waals surface area contributed by atoms with Crippen LogP contribution in [0.2, 0.25) is 0 Å². The summed E-state index contributed by atoms with van der Waals surface area (Å²) in [4.78, 5) is 73.9. The van der Waals surface area contributed by atoms with Gasteiger partial charge in [0, 0.05) is 79.9 Å². The molecule has 0 unspecified atom stereocenters. The second-order valence-corrected chi connectivity index (χ2v) is 20.5. The number of hydrogen-bond acceptors (Lipinski definition) is 8. The first-order valence-corrected chi connectivity index (χ1v) is 24.1. The normalized spacial score (nSPS) is 19.2. The highest BCUT2D eigenvalue weighted by Crippen LogP contribution is 2.34. The minimum atomic E-state index is -0.191. The van der Waals surface area contributed by atoms with Crippen LogP contribution in [0.5, 0.6) is 0 Å². The van der Waals surface area contributed by atoms with Crippen molar-refractivity contribution in [3.05, 3.63) is 109 Å². The van der Waals surface area contributed by atoms with Crippen LogP contribution in [0.25, 0.3) is 0 Å². The van der Waals surface area contributed by atoms with Gasteiger partial charge in [0.1, 0.15) is 17.1 Å². The number of nitrogens with one attached hydrogen (secondary N) is 9. The lowest BCUT2D eigenvalue weighted by molar-refractivity contribution is -0.117.